The first-order valence-corrected chi connectivity index (χ1v) is 4.67. The summed E-state index contributed by atoms with van der Waals surface area (Å²) in [6.07, 6.45) is 1.14. The third kappa shape index (κ3) is 1.82. The zero-order valence-corrected chi connectivity index (χ0v) is 8.72. The van der Waals surface area contributed by atoms with Gasteiger partial charge >= 0.3 is 5.97 Å². The van der Waals surface area contributed by atoms with Crippen LogP contribution >= 0.6 is 11.6 Å². The Hall–Kier alpha value is -2.08. The van der Waals surface area contributed by atoms with Crippen molar-refractivity contribution in [2.75, 3.05) is 5.73 Å². The molecule has 3 N–H and O–H groups in total. The van der Waals surface area contributed by atoms with E-state index in [0.717, 1.165) is 11.0 Å². The van der Waals surface area contributed by atoms with Gasteiger partial charge in [-0.2, -0.15) is 5.10 Å². The first kappa shape index (κ1) is 10.4. The second-order valence-corrected chi connectivity index (χ2v) is 3.44. The first-order valence-electron chi connectivity index (χ1n) is 4.29. The molecule has 0 atom stereocenters. The fourth-order valence-corrected chi connectivity index (χ4v) is 1.35. The third-order valence-corrected chi connectivity index (χ3v) is 2.22. The highest BCUT2D eigenvalue weighted by Crippen LogP contribution is 2.21. The maximum Gasteiger partial charge on any atom is 0.358 e. The molecule has 7 heteroatoms. The van der Waals surface area contributed by atoms with E-state index in [9.17, 15) is 4.79 Å². The number of aromatic nitrogens is 3. The van der Waals surface area contributed by atoms with Gasteiger partial charge in [0, 0.05) is 5.69 Å². The van der Waals surface area contributed by atoms with E-state index in [2.05, 4.69) is 10.2 Å². The van der Waals surface area contributed by atoms with Crippen molar-refractivity contribution in [3.8, 4) is 5.69 Å². The number of carboxylic acid groups (broad SMARTS) is 1. The topological polar surface area (TPSA) is 94.0 Å². The quantitative estimate of drug-likeness (QED) is 0.767. The molecule has 0 spiro atoms. The molecule has 1 heterocycles. The molecule has 0 fully saturated rings. The number of hydrogen-bond donors (Lipinski definition) is 2. The molecule has 0 saturated carbocycles. The summed E-state index contributed by atoms with van der Waals surface area (Å²) >= 11 is 5.92. The van der Waals surface area contributed by atoms with Gasteiger partial charge in [0.1, 0.15) is 5.69 Å². The molecule has 0 aliphatic rings. The van der Waals surface area contributed by atoms with E-state index in [0.29, 0.717) is 16.4 Å². The smallest absolute Gasteiger partial charge is 0.358 e. The Labute approximate surface area is 95.2 Å². The molecule has 0 amide bonds. The highest BCUT2D eigenvalue weighted by atomic mass is 35.5. The predicted octanol–water partition coefficient (Wildman–Crippen LogP) is 1.20. The average Bonchev–Trinajstić information content (AvgIpc) is 2.70. The zero-order valence-electron chi connectivity index (χ0n) is 7.96. The van der Waals surface area contributed by atoms with Crippen molar-refractivity contribution < 1.29 is 9.90 Å². The van der Waals surface area contributed by atoms with Gasteiger partial charge < -0.3 is 10.8 Å². The van der Waals surface area contributed by atoms with Gasteiger partial charge in [0.25, 0.3) is 0 Å². The van der Waals surface area contributed by atoms with E-state index in [-0.39, 0.29) is 5.69 Å². The Kier molecular flexibility index (Phi) is 2.49. The number of rotatable bonds is 2. The summed E-state index contributed by atoms with van der Waals surface area (Å²) in [5.74, 6) is -1.15. The molecule has 2 rings (SSSR count). The van der Waals surface area contributed by atoms with E-state index in [1.54, 1.807) is 18.2 Å². The molecular formula is C9H7ClN4O2. The van der Waals surface area contributed by atoms with Gasteiger partial charge in [-0.05, 0) is 18.2 Å². The van der Waals surface area contributed by atoms with E-state index in [4.69, 9.17) is 22.4 Å². The van der Waals surface area contributed by atoms with Crippen molar-refractivity contribution in [2.45, 2.75) is 0 Å². The highest BCUT2D eigenvalue weighted by Gasteiger charge is 2.11. The summed E-state index contributed by atoms with van der Waals surface area (Å²) in [7, 11) is 0. The molecule has 16 heavy (non-hydrogen) atoms. The Bertz CT molecular complexity index is 552. The second kappa shape index (κ2) is 3.82. The molecule has 82 valence electrons. The number of hydrogen-bond acceptors (Lipinski definition) is 4. The van der Waals surface area contributed by atoms with E-state index < -0.39 is 5.97 Å². The van der Waals surface area contributed by atoms with Crippen LogP contribution in [0, 0.1) is 0 Å². The number of nitrogen functional groups attached to an aromatic ring is 1. The van der Waals surface area contributed by atoms with Crippen LogP contribution in [0.15, 0.2) is 24.4 Å². The first-order chi connectivity index (χ1) is 7.58. The Morgan fingerprint density at radius 2 is 2.25 bits per heavy atom. The minimum atomic E-state index is -1.15. The second-order valence-electron chi connectivity index (χ2n) is 3.04. The number of nitrogens with two attached hydrogens (primary N) is 1. The van der Waals surface area contributed by atoms with Crippen LogP contribution in [0.2, 0.25) is 5.02 Å². The standard InChI is InChI=1S/C9H7ClN4O2/c10-6-2-1-5(11)3-8(6)14-12-4-7(13-14)9(15)16/h1-4H,11H2,(H,15,16). The summed E-state index contributed by atoms with van der Waals surface area (Å²) in [6.45, 7) is 0. The SMILES string of the molecule is Nc1ccc(Cl)c(-n2ncc(C(=O)O)n2)c1. The van der Waals surface area contributed by atoms with Crippen LogP contribution in [-0.2, 0) is 0 Å². The largest absolute Gasteiger partial charge is 0.476 e. The summed E-state index contributed by atoms with van der Waals surface area (Å²) in [5.41, 5.74) is 6.37. The fourth-order valence-electron chi connectivity index (χ4n) is 1.16. The van der Waals surface area contributed by atoms with Crippen molar-refractivity contribution in [3.63, 3.8) is 0 Å². The molecule has 0 bridgehead atoms. The monoisotopic (exact) mass is 238 g/mol. The summed E-state index contributed by atoms with van der Waals surface area (Å²) in [5, 5.41) is 16.6. The van der Waals surface area contributed by atoms with Gasteiger partial charge in [-0.25, -0.2) is 4.79 Å². The van der Waals surface area contributed by atoms with Crippen molar-refractivity contribution in [1.29, 1.82) is 0 Å². The van der Waals surface area contributed by atoms with Crippen LogP contribution in [0.4, 0.5) is 5.69 Å². The summed E-state index contributed by atoms with van der Waals surface area (Å²) in [4.78, 5) is 11.8. The number of carboxylic acids is 1. The number of anilines is 1. The van der Waals surface area contributed by atoms with Gasteiger partial charge in [-0.15, -0.1) is 9.90 Å². The molecule has 1 aromatic heterocycles. The molecular weight excluding hydrogens is 232 g/mol. The minimum Gasteiger partial charge on any atom is -0.476 e. The van der Waals surface area contributed by atoms with Crippen LogP contribution in [0.5, 0.6) is 0 Å². The van der Waals surface area contributed by atoms with E-state index in [1.165, 1.54) is 0 Å². The number of benzene rings is 1. The van der Waals surface area contributed by atoms with Crippen LogP contribution in [-0.4, -0.2) is 26.1 Å². The maximum atomic E-state index is 10.6. The Balaban J connectivity index is 2.50. The molecule has 0 unspecified atom stereocenters. The fraction of sp³-hybridized carbons (Fsp3) is 0. The Morgan fingerprint density at radius 1 is 1.50 bits per heavy atom. The molecule has 6 nitrogen and oxygen atoms in total. The predicted molar refractivity (Wildman–Crippen MR) is 57.7 cm³/mol. The molecule has 0 radical (unpaired) electrons. The van der Waals surface area contributed by atoms with Crippen LogP contribution < -0.4 is 5.73 Å². The van der Waals surface area contributed by atoms with E-state index in [1.807, 2.05) is 0 Å². The lowest BCUT2D eigenvalue weighted by molar-refractivity contribution is 0.0690. The molecule has 0 saturated heterocycles. The van der Waals surface area contributed by atoms with Crippen molar-refractivity contribution in [1.82, 2.24) is 15.0 Å². The summed E-state index contributed by atoms with van der Waals surface area (Å²) < 4.78 is 0. The Morgan fingerprint density at radius 3 is 2.88 bits per heavy atom. The highest BCUT2D eigenvalue weighted by molar-refractivity contribution is 6.32. The normalized spacial score (nSPS) is 10.3. The van der Waals surface area contributed by atoms with Crippen LogP contribution in [0.3, 0.4) is 0 Å². The van der Waals surface area contributed by atoms with Gasteiger partial charge in [-0.3, -0.25) is 0 Å². The lowest BCUT2D eigenvalue weighted by Gasteiger charge is -2.03. The number of carbonyl (C=O) groups is 1. The van der Waals surface area contributed by atoms with Gasteiger partial charge in [-0.1, -0.05) is 11.6 Å². The zero-order chi connectivity index (χ0) is 11.7. The summed E-state index contributed by atoms with van der Waals surface area (Å²) in [6, 6.07) is 4.79. The lowest BCUT2D eigenvalue weighted by atomic mass is 10.3. The van der Waals surface area contributed by atoms with Gasteiger partial charge in [0.05, 0.1) is 11.2 Å². The van der Waals surface area contributed by atoms with Crippen LogP contribution in [0.25, 0.3) is 5.69 Å². The van der Waals surface area contributed by atoms with Crippen molar-refractivity contribution in [2.24, 2.45) is 0 Å². The minimum absolute atomic E-state index is 0.154. The molecule has 1 aromatic carbocycles. The van der Waals surface area contributed by atoms with Crippen molar-refractivity contribution in [3.05, 3.63) is 35.1 Å². The average molecular weight is 239 g/mol. The molecule has 0 aliphatic carbocycles. The number of halogens is 1. The van der Waals surface area contributed by atoms with Crippen molar-refractivity contribution >= 4 is 23.3 Å². The van der Waals surface area contributed by atoms with Crippen LogP contribution in [0.1, 0.15) is 10.5 Å². The lowest BCUT2D eigenvalue weighted by Crippen LogP contribution is -2.03. The molecule has 2 aromatic rings. The maximum absolute atomic E-state index is 10.6. The van der Waals surface area contributed by atoms with E-state index >= 15 is 0 Å². The third-order valence-electron chi connectivity index (χ3n) is 1.90. The molecule has 0 aliphatic heterocycles. The number of nitrogens with zero attached hydrogens (tertiary/aromatic N) is 3. The van der Waals surface area contributed by atoms with Gasteiger partial charge in [0.2, 0.25) is 0 Å². The van der Waals surface area contributed by atoms with Gasteiger partial charge in [0.15, 0.2) is 5.69 Å². The number of aromatic carboxylic acids is 1.